The van der Waals surface area contributed by atoms with E-state index in [1.807, 2.05) is 47.7 Å². The number of nitrogens with one attached hydrogen (secondary N) is 2. The van der Waals surface area contributed by atoms with Gasteiger partial charge in [-0.25, -0.2) is 4.99 Å². The number of benzene rings is 7. The van der Waals surface area contributed by atoms with Gasteiger partial charge in [-0.15, -0.1) is 11.3 Å². The summed E-state index contributed by atoms with van der Waals surface area (Å²) < 4.78 is 4.90. The first-order valence-corrected chi connectivity index (χ1v) is 18.2. The Morgan fingerprint density at radius 3 is 2.15 bits per heavy atom. The van der Waals surface area contributed by atoms with Crippen molar-refractivity contribution in [3.63, 3.8) is 0 Å². The molecule has 6 heteroatoms. The second-order valence-corrected chi connectivity index (χ2v) is 14.2. The lowest BCUT2D eigenvalue weighted by Crippen LogP contribution is -2.44. The summed E-state index contributed by atoms with van der Waals surface area (Å²) >= 11 is 1.84. The number of fused-ring (bicyclic) bond motifs is 6. The summed E-state index contributed by atoms with van der Waals surface area (Å²) in [5.74, 6) is 0.852. The van der Waals surface area contributed by atoms with Gasteiger partial charge in [-0.3, -0.25) is 5.32 Å². The third-order valence-electron chi connectivity index (χ3n) is 10.1. The largest absolute Gasteiger partial charge is 0.350 e. The molecule has 3 heterocycles. The number of hydrogen-bond acceptors (Lipinski definition) is 5. The zero-order valence-electron chi connectivity index (χ0n) is 28.0. The van der Waals surface area contributed by atoms with Gasteiger partial charge in [0.1, 0.15) is 18.2 Å². The molecule has 0 bridgehead atoms. The van der Waals surface area contributed by atoms with E-state index in [9.17, 15) is 5.26 Å². The number of rotatable bonds is 5. The maximum atomic E-state index is 9.92. The predicted molar refractivity (Wildman–Crippen MR) is 215 cm³/mol. The van der Waals surface area contributed by atoms with E-state index in [0.29, 0.717) is 5.56 Å². The van der Waals surface area contributed by atoms with E-state index in [0.717, 1.165) is 55.6 Å². The molecule has 0 radical (unpaired) electrons. The third kappa shape index (κ3) is 5.06. The molecule has 2 N–H and O–H groups in total. The van der Waals surface area contributed by atoms with Gasteiger partial charge < -0.3 is 9.88 Å². The molecule has 1 aliphatic rings. The molecule has 0 aliphatic carbocycles. The molecule has 0 saturated heterocycles. The average molecular weight is 686 g/mol. The van der Waals surface area contributed by atoms with Crippen molar-refractivity contribution in [2.45, 2.75) is 12.3 Å². The van der Waals surface area contributed by atoms with Crippen LogP contribution in [0.4, 0.5) is 0 Å². The molecular formula is C46H31N5S. The minimum atomic E-state index is -0.284. The van der Waals surface area contributed by atoms with Crippen molar-refractivity contribution in [2.24, 2.45) is 4.99 Å². The van der Waals surface area contributed by atoms with Gasteiger partial charge in [-0.05, 0) is 70.8 Å². The highest BCUT2D eigenvalue weighted by atomic mass is 32.1. The molecule has 0 saturated carbocycles. The lowest BCUT2D eigenvalue weighted by molar-refractivity contribution is 0.409. The Hall–Kier alpha value is -6.52. The number of nitriles is 1. The first kappa shape index (κ1) is 30.3. The highest BCUT2D eigenvalue weighted by Crippen LogP contribution is 2.42. The Balaban J connectivity index is 1.12. The molecule has 9 aromatic rings. The Morgan fingerprint density at radius 1 is 0.596 bits per heavy atom. The lowest BCUT2D eigenvalue weighted by atomic mass is 10.0. The minimum Gasteiger partial charge on any atom is -0.350 e. The molecule has 5 nitrogen and oxygen atoms in total. The van der Waals surface area contributed by atoms with E-state index < -0.39 is 0 Å². The molecular weight excluding hydrogens is 655 g/mol. The quantitative estimate of drug-likeness (QED) is 0.190. The molecule has 2 aromatic heterocycles. The molecule has 7 aromatic carbocycles. The first-order chi connectivity index (χ1) is 25.7. The summed E-state index contributed by atoms with van der Waals surface area (Å²) in [6, 6.07) is 59.8. The number of aromatic nitrogens is 1. The molecule has 1 aliphatic heterocycles. The van der Waals surface area contributed by atoms with Crippen LogP contribution in [-0.2, 0) is 0 Å². The highest BCUT2D eigenvalue weighted by molar-refractivity contribution is 7.26. The Morgan fingerprint density at radius 2 is 1.31 bits per heavy atom. The smallest absolute Gasteiger partial charge is 0.131 e. The van der Waals surface area contributed by atoms with Crippen molar-refractivity contribution >= 4 is 59.2 Å². The van der Waals surface area contributed by atoms with Crippen LogP contribution >= 0.6 is 11.3 Å². The standard InChI is InChI=1S/C46H31N5S/c47-28-29-21-23-40-38(25-29)39-27-32(35-18-10-19-37-36-17-7-8-20-42(36)52-43(35)37)22-24-41(39)51(40)34-16-9-15-33(26-34)46-49-44(30-11-3-1-4-12-30)48-45(50-46)31-13-5-2-6-14-31/h1-27,44,46,49H,(H,48,50). The fourth-order valence-corrected chi connectivity index (χ4v) is 8.87. The number of thiophene rings is 1. The van der Waals surface area contributed by atoms with Crippen molar-refractivity contribution in [2.75, 3.05) is 0 Å². The Labute approximate surface area is 304 Å². The number of hydrogen-bond donors (Lipinski definition) is 2. The molecule has 2 unspecified atom stereocenters. The van der Waals surface area contributed by atoms with Gasteiger partial charge in [-0.1, -0.05) is 115 Å². The molecule has 10 rings (SSSR count). The molecule has 0 amide bonds. The van der Waals surface area contributed by atoms with Crippen LogP contribution in [-0.4, -0.2) is 10.4 Å². The Kier molecular flexibility index (Phi) is 7.21. The summed E-state index contributed by atoms with van der Waals surface area (Å²) in [6.07, 6.45) is -0.405. The van der Waals surface area contributed by atoms with Crippen LogP contribution in [0, 0.1) is 11.3 Å². The van der Waals surface area contributed by atoms with Crippen molar-refractivity contribution in [1.29, 1.82) is 5.26 Å². The number of nitrogens with zero attached hydrogens (tertiary/aromatic N) is 3. The fourth-order valence-electron chi connectivity index (χ4n) is 7.64. The van der Waals surface area contributed by atoms with Crippen LogP contribution in [0.25, 0.3) is 58.8 Å². The molecule has 2 atom stereocenters. The fraction of sp³-hybridized carbons (Fsp3) is 0.0435. The molecule has 0 spiro atoms. The zero-order chi connectivity index (χ0) is 34.6. The average Bonchev–Trinajstić information content (AvgIpc) is 3.76. The van der Waals surface area contributed by atoms with Gasteiger partial charge in [0.15, 0.2) is 0 Å². The van der Waals surface area contributed by atoms with Crippen LogP contribution in [0.15, 0.2) is 169 Å². The Bertz CT molecular complexity index is 2880. The molecule has 0 fully saturated rings. The van der Waals surface area contributed by atoms with Gasteiger partial charge in [0, 0.05) is 42.2 Å². The van der Waals surface area contributed by atoms with E-state index in [1.165, 1.54) is 25.7 Å². The third-order valence-corrected chi connectivity index (χ3v) is 11.3. The normalized spacial score (nSPS) is 15.9. The van der Waals surface area contributed by atoms with Gasteiger partial charge in [0.25, 0.3) is 0 Å². The van der Waals surface area contributed by atoms with Crippen molar-refractivity contribution in [3.05, 3.63) is 186 Å². The summed E-state index contributed by atoms with van der Waals surface area (Å²) in [5.41, 5.74) is 9.45. The lowest BCUT2D eigenvalue weighted by Gasteiger charge is -2.32. The van der Waals surface area contributed by atoms with Crippen LogP contribution < -0.4 is 10.6 Å². The summed E-state index contributed by atoms with van der Waals surface area (Å²) in [5, 5.41) is 22.0. The molecule has 246 valence electrons. The predicted octanol–water partition coefficient (Wildman–Crippen LogP) is 11.0. The van der Waals surface area contributed by atoms with Crippen LogP contribution in [0.3, 0.4) is 0 Å². The topological polar surface area (TPSA) is 65.1 Å². The highest BCUT2D eigenvalue weighted by Gasteiger charge is 2.26. The van der Waals surface area contributed by atoms with Crippen molar-refractivity contribution < 1.29 is 0 Å². The summed E-state index contributed by atoms with van der Waals surface area (Å²) in [7, 11) is 0. The number of aliphatic imine (C=N–C) groups is 1. The SMILES string of the molecule is N#Cc1ccc2c(c1)c1cc(-c3cccc4c3sc3ccccc34)ccc1n2-c1cccc(C2N=C(c3ccccc3)NC(c3ccccc3)N2)c1. The zero-order valence-corrected chi connectivity index (χ0v) is 28.8. The van der Waals surface area contributed by atoms with Crippen LogP contribution in [0.5, 0.6) is 0 Å². The monoisotopic (exact) mass is 685 g/mol. The van der Waals surface area contributed by atoms with Crippen LogP contribution in [0.2, 0.25) is 0 Å². The molecule has 52 heavy (non-hydrogen) atoms. The van der Waals surface area contributed by atoms with Crippen molar-refractivity contribution in [1.82, 2.24) is 15.2 Å². The maximum Gasteiger partial charge on any atom is 0.131 e. The van der Waals surface area contributed by atoms with E-state index in [2.05, 4.69) is 149 Å². The van der Waals surface area contributed by atoms with E-state index in [4.69, 9.17) is 4.99 Å². The maximum absolute atomic E-state index is 9.92. The van der Waals surface area contributed by atoms with Gasteiger partial charge >= 0.3 is 0 Å². The van der Waals surface area contributed by atoms with Gasteiger partial charge in [-0.2, -0.15) is 5.26 Å². The van der Waals surface area contributed by atoms with E-state index >= 15 is 0 Å². The van der Waals surface area contributed by atoms with Gasteiger partial charge in [0.05, 0.1) is 22.7 Å². The second kappa shape index (κ2) is 12.4. The van der Waals surface area contributed by atoms with Crippen molar-refractivity contribution in [3.8, 4) is 22.9 Å². The summed E-state index contributed by atoms with van der Waals surface area (Å²) in [6.45, 7) is 0. The minimum absolute atomic E-state index is 0.121. The first-order valence-electron chi connectivity index (χ1n) is 17.4. The van der Waals surface area contributed by atoms with E-state index in [-0.39, 0.29) is 12.3 Å². The summed E-state index contributed by atoms with van der Waals surface area (Å²) in [4.78, 5) is 5.20. The van der Waals surface area contributed by atoms with Gasteiger partial charge in [0.2, 0.25) is 0 Å². The number of amidine groups is 1. The second-order valence-electron chi connectivity index (χ2n) is 13.2. The van der Waals surface area contributed by atoms with E-state index in [1.54, 1.807) is 0 Å². The van der Waals surface area contributed by atoms with Crippen LogP contribution in [0.1, 0.15) is 34.6 Å².